The zero-order chi connectivity index (χ0) is 15.1. The average molecular weight is 283 g/mol. The molecule has 0 aromatic rings. The molecule has 0 saturated carbocycles. The fraction of sp³-hybridized carbons (Fsp3) is 0.947. The third-order valence-corrected chi connectivity index (χ3v) is 4.45. The molecule has 0 bridgehead atoms. The van der Waals surface area contributed by atoms with Crippen LogP contribution in [0.5, 0.6) is 0 Å². The molecule has 120 valence electrons. The molecular weight excluding hydrogens is 244 g/mol. The highest BCUT2D eigenvalue weighted by atomic mass is 16.1. The van der Waals surface area contributed by atoms with E-state index in [4.69, 9.17) is 0 Å². The van der Waals surface area contributed by atoms with Crippen LogP contribution in [-0.4, -0.2) is 5.78 Å². The third-order valence-electron chi connectivity index (χ3n) is 4.45. The molecule has 1 atom stereocenters. The average Bonchev–Trinajstić information content (AvgIpc) is 2.48. The molecule has 0 radical (unpaired) electrons. The molecule has 0 fully saturated rings. The van der Waals surface area contributed by atoms with Gasteiger partial charge in [0.05, 0.1) is 0 Å². The van der Waals surface area contributed by atoms with Gasteiger partial charge in [-0.25, -0.2) is 0 Å². The Morgan fingerprint density at radius 1 is 0.700 bits per heavy atom. The fourth-order valence-electron chi connectivity index (χ4n) is 2.94. The van der Waals surface area contributed by atoms with Crippen LogP contribution in [-0.2, 0) is 4.79 Å². The van der Waals surface area contributed by atoms with E-state index in [1.807, 2.05) is 6.92 Å². The highest BCUT2D eigenvalue weighted by Crippen LogP contribution is 2.17. The van der Waals surface area contributed by atoms with E-state index < -0.39 is 0 Å². The smallest absolute Gasteiger partial charge is 0.135 e. The summed E-state index contributed by atoms with van der Waals surface area (Å²) < 4.78 is 0. The van der Waals surface area contributed by atoms with Crippen molar-refractivity contribution in [1.29, 1.82) is 0 Å². The monoisotopic (exact) mass is 282 g/mol. The highest BCUT2D eigenvalue weighted by Gasteiger charge is 2.13. The van der Waals surface area contributed by atoms with E-state index >= 15 is 0 Å². The highest BCUT2D eigenvalue weighted by molar-refractivity contribution is 5.80. The van der Waals surface area contributed by atoms with Gasteiger partial charge in [-0.1, -0.05) is 91.4 Å². The molecule has 0 spiro atoms. The van der Waals surface area contributed by atoms with Gasteiger partial charge in [-0.2, -0.15) is 0 Å². The zero-order valence-electron chi connectivity index (χ0n) is 14.4. The second kappa shape index (κ2) is 15.1. The Morgan fingerprint density at radius 2 is 1.15 bits per heavy atom. The number of ketones is 1. The lowest BCUT2D eigenvalue weighted by molar-refractivity contribution is -0.122. The normalized spacial score (nSPS) is 12.6. The molecule has 1 nitrogen and oxygen atoms in total. The van der Waals surface area contributed by atoms with Crippen molar-refractivity contribution < 1.29 is 4.79 Å². The lowest BCUT2D eigenvalue weighted by Crippen LogP contribution is -2.12. The standard InChI is InChI=1S/C19H38O/c1-4-7-8-9-10-11-12-13-14-15-16-17-18(5-2)19(20)6-3/h18H,4-17H2,1-3H3. The van der Waals surface area contributed by atoms with Gasteiger partial charge in [-0.3, -0.25) is 4.79 Å². The topological polar surface area (TPSA) is 17.1 Å². The summed E-state index contributed by atoms with van der Waals surface area (Å²) in [4.78, 5) is 11.7. The Balaban J connectivity index is 3.25. The first-order chi connectivity index (χ1) is 9.76. The maximum Gasteiger partial charge on any atom is 0.135 e. The molecule has 1 heteroatoms. The summed E-state index contributed by atoms with van der Waals surface area (Å²) in [5, 5.41) is 0. The second-order valence-electron chi connectivity index (χ2n) is 6.25. The van der Waals surface area contributed by atoms with E-state index in [1.165, 1.54) is 70.6 Å². The first kappa shape index (κ1) is 19.7. The van der Waals surface area contributed by atoms with Gasteiger partial charge in [0.15, 0.2) is 0 Å². The summed E-state index contributed by atoms with van der Waals surface area (Å²) in [6.07, 6.45) is 18.1. The van der Waals surface area contributed by atoms with Gasteiger partial charge in [-0.05, 0) is 12.8 Å². The SMILES string of the molecule is CCCCCCCCCCCCCC(CC)C(=O)CC. The van der Waals surface area contributed by atoms with Gasteiger partial charge >= 0.3 is 0 Å². The van der Waals surface area contributed by atoms with Crippen LogP contribution in [0.3, 0.4) is 0 Å². The molecule has 0 N–H and O–H groups in total. The number of hydrogen-bond donors (Lipinski definition) is 0. The molecule has 0 rings (SSSR count). The minimum absolute atomic E-state index is 0.346. The van der Waals surface area contributed by atoms with Gasteiger partial charge in [-0.15, -0.1) is 0 Å². The van der Waals surface area contributed by atoms with Gasteiger partial charge in [0.1, 0.15) is 5.78 Å². The first-order valence-corrected chi connectivity index (χ1v) is 9.28. The summed E-state index contributed by atoms with van der Waals surface area (Å²) in [5.41, 5.74) is 0. The van der Waals surface area contributed by atoms with Crippen molar-refractivity contribution in [2.24, 2.45) is 5.92 Å². The van der Waals surface area contributed by atoms with Gasteiger partial charge in [0, 0.05) is 12.3 Å². The van der Waals surface area contributed by atoms with Crippen molar-refractivity contribution in [1.82, 2.24) is 0 Å². The summed E-state index contributed by atoms with van der Waals surface area (Å²) in [5.74, 6) is 0.818. The Hall–Kier alpha value is -0.330. The number of rotatable bonds is 15. The van der Waals surface area contributed by atoms with Crippen molar-refractivity contribution in [3.8, 4) is 0 Å². The van der Waals surface area contributed by atoms with E-state index in [0.29, 0.717) is 11.7 Å². The maximum absolute atomic E-state index is 11.7. The number of hydrogen-bond acceptors (Lipinski definition) is 1. The Labute approximate surface area is 127 Å². The first-order valence-electron chi connectivity index (χ1n) is 9.28. The molecular formula is C19H38O. The summed E-state index contributed by atoms with van der Waals surface area (Å²) >= 11 is 0. The molecule has 0 amide bonds. The van der Waals surface area contributed by atoms with Crippen LogP contribution in [0.2, 0.25) is 0 Å². The van der Waals surface area contributed by atoms with Crippen molar-refractivity contribution in [2.45, 2.75) is 111 Å². The minimum Gasteiger partial charge on any atom is -0.299 e. The van der Waals surface area contributed by atoms with Crippen molar-refractivity contribution in [2.75, 3.05) is 0 Å². The van der Waals surface area contributed by atoms with Crippen LogP contribution in [0.4, 0.5) is 0 Å². The Bertz CT molecular complexity index is 210. The summed E-state index contributed by atoms with van der Waals surface area (Å²) in [7, 11) is 0. The predicted octanol–water partition coefficient (Wildman–Crippen LogP) is 6.69. The molecule has 0 aliphatic heterocycles. The van der Waals surface area contributed by atoms with Crippen LogP contribution in [0.15, 0.2) is 0 Å². The number of carbonyl (C=O) groups is 1. The van der Waals surface area contributed by atoms with Crippen molar-refractivity contribution in [3.05, 3.63) is 0 Å². The van der Waals surface area contributed by atoms with E-state index in [9.17, 15) is 4.79 Å². The molecule has 0 aliphatic rings. The maximum atomic E-state index is 11.7. The summed E-state index contributed by atoms with van der Waals surface area (Å²) in [6.45, 7) is 6.42. The van der Waals surface area contributed by atoms with Crippen molar-refractivity contribution >= 4 is 5.78 Å². The van der Waals surface area contributed by atoms with E-state index in [-0.39, 0.29) is 0 Å². The van der Waals surface area contributed by atoms with Crippen LogP contribution in [0, 0.1) is 5.92 Å². The molecule has 0 aliphatic carbocycles. The van der Waals surface area contributed by atoms with Crippen LogP contribution < -0.4 is 0 Å². The molecule has 1 unspecified atom stereocenters. The Morgan fingerprint density at radius 3 is 1.55 bits per heavy atom. The molecule has 0 aromatic carbocycles. The molecule has 0 saturated heterocycles. The number of Topliss-reactive ketones (excluding diaryl/α,β-unsaturated/α-hetero) is 1. The Kier molecular flexibility index (Phi) is 14.8. The molecule has 0 aromatic heterocycles. The quantitative estimate of drug-likeness (QED) is 0.306. The van der Waals surface area contributed by atoms with E-state index in [0.717, 1.165) is 19.3 Å². The predicted molar refractivity (Wildman–Crippen MR) is 90.2 cm³/mol. The fourth-order valence-corrected chi connectivity index (χ4v) is 2.94. The lowest BCUT2D eigenvalue weighted by Gasteiger charge is -2.12. The zero-order valence-corrected chi connectivity index (χ0v) is 14.4. The van der Waals surface area contributed by atoms with E-state index in [1.54, 1.807) is 0 Å². The van der Waals surface area contributed by atoms with Gasteiger partial charge in [0.25, 0.3) is 0 Å². The summed E-state index contributed by atoms with van der Waals surface area (Å²) in [6, 6.07) is 0. The van der Waals surface area contributed by atoms with Crippen LogP contribution >= 0.6 is 0 Å². The van der Waals surface area contributed by atoms with Crippen LogP contribution in [0.1, 0.15) is 111 Å². The number of unbranched alkanes of at least 4 members (excludes halogenated alkanes) is 10. The third kappa shape index (κ3) is 11.5. The largest absolute Gasteiger partial charge is 0.299 e. The van der Waals surface area contributed by atoms with Crippen LogP contribution in [0.25, 0.3) is 0 Å². The number of carbonyl (C=O) groups excluding carboxylic acids is 1. The van der Waals surface area contributed by atoms with Crippen molar-refractivity contribution in [3.63, 3.8) is 0 Å². The lowest BCUT2D eigenvalue weighted by atomic mass is 9.92. The second-order valence-corrected chi connectivity index (χ2v) is 6.25. The van der Waals surface area contributed by atoms with E-state index in [2.05, 4.69) is 13.8 Å². The minimum atomic E-state index is 0.346. The molecule has 0 heterocycles. The molecule has 20 heavy (non-hydrogen) atoms. The van der Waals surface area contributed by atoms with Gasteiger partial charge in [0.2, 0.25) is 0 Å². The van der Waals surface area contributed by atoms with Gasteiger partial charge < -0.3 is 0 Å².